The van der Waals surface area contributed by atoms with Crippen LogP contribution in [0.5, 0.6) is 5.75 Å². The summed E-state index contributed by atoms with van der Waals surface area (Å²) in [5, 5.41) is 64.4. The van der Waals surface area contributed by atoms with Crippen molar-refractivity contribution in [3.63, 3.8) is 0 Å². The van der Waals surface area contributed by atoms with E-state index in [9.17, 15) is 76.9 Å². The molecule has 4 aromatic carbocycles. The molecule has 28 nitrogen and oxygen atoms in total. The van der Waals surface area contributed by atoms with E-state index in [2.05, 4.69) is 29.5 Å². The molecule has 8 atom stereocenters. The summed E-state index contributed by atoms with van der Waals surface area (Å²) in [5.74, 6) is -7.55. The van der Waals surface area contributed by atoms with Crippen LogP contribution in [0, 0.1) is 29.1 Å². The molecule has 3 aromatic heterocycles. The van der Waals surface area contributed by atoms with E-state index < -0.39 is 106 Å². The fraction of sp³-hybridized carbons (Fsp3) is 0.461. The Morgan fingerprint density at radius 3 is 2.28 bits per heavy atom. The molecule has 106 heavy (non-hydrogen) atoms. The number of pyridine rings is 1. The molecule has 8 N–H and O–H groups in total. The Hall–Kier alpha value is -9.40. The first-order chi connectivity index (χ1) is 50.4. The largest absolute Gasteiger partial charge is 0.479 e. The number of carbonyl (C=O) groups excluding carboxylic acids is 6. The summed E-state index contributed by atoms with van der Waals surface area (Å²) in [4.78, 5) is 115. The number of unbranched alkanes of at least 4 members (excludes halogenated alkanes) is 3. The van der Waals surface area contributed by atoms with Crippen molar-refractivity contribution in [2.24, 2.45) is 22.2 Å². The molecule has 13 rings (SSSR count). The Kier molecular flexibility index (Phi) is 22.4. The second-order valence-corrected chi connectivity index (χ2v) is 32.3. The molecule has 30 heteroatoms. The van der Waals surface area contributed by atoms with Gasteiger partial charge in [-0.15, -0.1) is 0 Å². The highest BCUT2D eigenvalue weighted by Crippen LogP contribution is 2.72. The minimum Gasteiger partial charge on any atom is -0.479 e. The number of rotatable bonds is 32. The number of para-hydroxylation sites is 1. The number of aliphatic carboxylic acids is 1. The number of carbonyl (C=O) groups is 8. The monoisotopic (exact) mass is 1490 g/mol. The first-order valence-corrected chi connectivity index (χ1v) is 37.8. The van der Waals surface area contributed by atoms with Gasteiger partial charge in [-0.2, -0.15) is 13.5 Å². The molecule has 5 amide bonds. The van der Waals surface area contributed by atoms with E-state index in [-0.39, 0.29) is 79.3 Å². The fourth-order valence-corrected chi connectivity index (χ4v) is 18.8. The summed E-state index contributed by atoms with van der Waals surface area (Å²) in [6, 6.07) is 26.8. The number of nitrogens with one attached hydrogen (secondary N) is 2. The van der Waals surface area contributed by atoms with Crippen molar-refractivity contribution in [1.82, 2.24) is 34.9 Å². The lowest BCUT2D eigenvalue weighted by atomic mass is 9.39. The van der Waals surface area contributed by atoms with Crippen LogP contribution in [-0.2, 0) is 67.9 Å². The zero-order valence-corrected chi connectivity index (χ0v) is 60.7. The maximum Gasteiger partial charge on any atom is 0.409 e. The molecular formula is C76H86N8O20S2. The maximum absolute atomic E-state index is 13.9. The third-order valence-corrected chi connectivity index (χ3v) is 22.7. The van der Waals surface area contributed by atoms with Crippen LogP contribution in [0.2, 0.25) is 0 Å². The zero-order chi connectivity index (χ0) is 75.6. The van der Waals surface area contributed by atoms with Crippen LogP contribution in [-0.4, -0.2) is 191 Å². The summed E-state index contributed by atoms with van der Waals surface area (Å²) < 4.78 is 60.7. The predicted octanol–water partition coefficient (Wildman–Crippen LogP) is 8.70. The van der Waals surface area contributed by atoms with E-state index in [1.165, 1.54) is 40.5 Å². The van der Waals surface area contributed by atoms with Crippen molar-refractivity contribution in [2.75, 3.05) is 44.4 Å². The number of imide groups is 1. The van der Waals surface area contributed by atoms with Crippen molar-refractivity contribution >= 4 is 95.0 Å². The normalized spacial score (nSPS) is 24.2. The number of thiazole rings is 1. The minimum absolute atomic E-state index is 0.00831. The van der Waals surface area contributed by atoms with E-state index in [4.69, 9.17) is 29.0 Å². The highest BCUT2D eigenvalue weighted by molar-refractivity contribution is 7.85. The number of aromatic nitrogens is 4. The number of nitrogens with zero attached hydrogens (tertiary/aromatic N) is 6. The number of Topliss-reactive ketones (excluding diaryl/α,β-unsaturated/α-hetero) is 1. The number of aliphatic hydroxyl groups excluding tert-OH is 3. The quantitative estimate of drug-likeness (QED) is 0.0111. The average molecular weight is 1500 g/mol. The van der Waals surface area contributed by atoms with E-state index in [0.29, 0.717) is 88.2 Å². The third-order valence-electron chi connectivity index (χ3n) is 21.0. The molecular weight excluding hydrogens is 1410 g/mol. The van der Waals surface area contributed by atoms with Crippen molar-refractivity contribution in [2.45, 2.75) is 160 Å². The lowest BCUT2D eigenvalue weighted by Gasteiger charge is -2.69. The lowest BCUT2D eigenvalue weighted by Crippen LogP contribution is -2.64. The Morgan fingerprint density at radius 1 is 0.802 bits per heavy atom. The molecule has 0 spiro atoms. The number of aliphatic hydroxyl groups is 3. The number of aryl methyl sites for hydroxylation is 1. The highest BCUT2D eigenvalue weighted by Gasteiger charge is 2.66. The Bertz CT molecular complexity index is 4660. The number of fused-ring (bicyclic) bond motifs is 2. The number of hydrogen-bond donors (Lipinski definition) is 8. The van der Waals surface area contributed by atoms with Crippen LogP contribution in [0.4, 0.5) is 9.93 Å². The number of carboxylic acids is 2. The van der Waals surface area contributed by atoms with Gasteiger partial charge in [0, 0.05) is 86.2 Å². The van der Waals surface area contributed by atoms with Crippen molar-refractivity contribution < 1.29 is 95.8 Å². The fourth-order valence-electron chi connectivity index (χ4n) is 17.2. The van der Waals surface area contributed by atoms with Gasteiger partial charge in [-0.3, -0.25) is 43.4 Å². The summed E-state index contributed by atoms with van der Waals surface area (Å²) in [6.45, 7) is 7.44. The first-order valence-electron chi connectivity index (χ1n) is 35.4. The molecule has 4 bridgehead atoms. The second kappa shape index (κ2) is 31.2. The number of aromatic carboxylic acids is 1. The second-order valence-electron chi connectivity index (χ2n) is 29.8. The van der Waals surface area contributed by atoms with Gasteiger partial charge in [0.2, 0.25) is 12.2 Å². The molecule has 6 aliphatic rings. The van der Waals surface area contributed by atoms with Crippen LogP contribution in [0.3, 0.4) is 0 Å². The standard InChI is InChI=1S/C76H86N8O20S2/c1-44-55(52-23-24-56(79-61(52)68(93)94)47-20-19-45-14-12-16-53(54(45)33-47)67(92)81-71-80-57-17-7-8-18-58(57)105-71)34-78-84(44)43-75-38-73(2)37-74(3,39-75)41-76(40-73,42-75)102-30-29-82(4)72(97)101-35-48-21-22-51(103-70-64(90)62(88)63(89)65(104-70)69(95)96)32-46(48)13-9-10-27-77-66(91)49(36-106(98,99)100)31-50(85)15-6-5-11-28-83-59(86)25-26-60(83)87/h7-8,12,14,16-26,32-34,49,62-65,70,88-90H,5-6,9-11,13,15,27-31,35-43H2,1-4H3,(H,77,91)(H,93,94)(H,95,96)(H,80,81,92)(H,98,99,100)/t49-,62-,63-,64+,65-,70+,73?,74?,75?,76?/m0/s1. The Morgan fingerprint density at radius 2 is 1.56 bits per heavy atom. The number of hydrogen-bond acceptors (Lipinski definition) is 21. The summed E-state index contributed by atoms with van der Waals surface area (Å²) in [6.07, 6.45) is 0.839. The molecule has 2 unspecified atom stereocenters. The van der Waals surface area contributed by atoms with Gasteiger partial charge >= 0.3 is 18.0 Å². The number of ketones is 1. The van der Waals surface area contributed by atoms with E-state index >= 15 is 0 Å². The molecule has 7 aromatic rings. The maximum atomic E-state index is 13.9. The van der Waals surface area contributed by atoms with Crippen LogP contribution in [0.15, 0.2) is 109 Å². The van der Waals surface area contributed by atoms with Gasteiger partial charge in [0.05, 0.1) is 46.0 Å². The Balaban J connectivity index is 0.670. The van der Waals surface area contributed by atoms with Gasteiger partial charge < -0.3 is 54.7 Å². The number of ether oxygens (including phenoxy) is 4. The highest BCUT2D eigenvalue weighted by atomic mass is 32.2. The number of amides is 5. The number of anilines is 1. The van der Waals surface area contributed by atoms with Gasteiger partial charge in [-0.25, -0.2) is 24.4 Å². The SMILES string of the molecule is Cc1c(-c2ccc(-c3ccc4cccc(C(=O)Nc5nc6ccccc6s5)c4c3)nc2C(=O)O)cnn1CC12CC3(C)CC(C)(C1)CC(OCCN(C)C(=O)OCc1ccc(O[C@@H]4O[C@H](C(=O)O)[C@@H](O)[C@H](O)[C@H]4O)cc1CCCCNC(=O)[C@@H](CC(=O)CCCCCN1C(=O)C=CC1=O)CS(=O)(=O)O)(C3)C2. The number of carboxylic acid groups (broad SMARTS) is 2. The topological polar surface area (TPSA) is 403 Å². The summed E-state index contributed by atoms with van der Waals surface area (Å²) >= 11 is 1.38. The van der Waals surface area contributed by atoms with Crippen LogP contribution in [0.1, 0.15) is 135 Å². The third kappa shape index (κ3) is 17.3. The average Bonchev–Trinajstić information content (AvgIpc) is 0.733. The molecule has 562 valence electrons. The zero-order valence-electron chi connectivity index (χ0n) is 59.1. The summed E-state index contributed by atoms with van der Waals surface area (Å²) in [5.41, 5.74) is 4.08. The first kappa shape index (κ1) is 76.3. The van der Waals surface area contributed by atoms with Gasteiger partial charge in [-0.05, 0) is 164 Å². The number of benzene rings is 4. The van der Waals surface area contributed by atoms with E-state index in [0.717, 1.165) is 64.7 Å². The van der Waals surface area contributed by atoms with E-state index in [1.807, 2.05) is 66.2 Å². The van der Waals surface area contributed by atoms with Crippen molar-refractivity contribution in [3.8, 4) is 28.1 Å². The molecule has 1 saturated heterocycles. The molecule has 5 fully saturated rings. The van der Waals surface area contributed by atoms with Gasteiger partial charge in [0.1, 0.15) is 36.5 Å². The smallest absolute Gasteiger partial charge is 0.409 e. The van der Waals surface area contributed by atoms with Gasteiger partial charge in [0.25, 0.3) is 27.8 Å². The Labute approximate surface area is 614 Å². The van der Waals surface area contributed by atoms with Gasteiger partial charge in [-0.1, -0.05) is 74.1 Å². The lowest BCUT2D eigenvalue weighted by molar-refractivity contribution is -0.271. The number of likely N-dealkylation sites (N-methyl/N-ethyl adjacent to an activating group) is 1. The van der Waals surface area contributed by atoms with Crippen molar-refractivity contribution in [1.29, 1.82) is 0 Å². The van der Waals surface area contributed by atoms with E-state index in [1.54, 1.807) is 37.5 Å². The van der Waals surface area contributed by atoms with Gasteiger partial charge in [0.15, 0.2) is 16.9 Å². The molecule has 0 radical (unpaired) electrons. The molecule has 5 heterocycles. The minimum atomic E-state index is -4.69. The predicted molar refractivity (Wildman–Crippen MR) is 387 cm³/mol. The van der Waals surface area contributed by atoms with Crippen molar-refractivity contribution in [3.05, 3.63) is 137 Å². The molecule has 4 aliphatic carbocycles. The summed E-state index contributed by atoms with van der Waals surface area (Å²) in [7, 11) is -3.09. The van der Waals surface area contributed by atoms with Crippen LogP contribution in [0.25, 0.3) is 43.4 Å². The van der Waals surface area contributed by atoms with Crippen LogP contribution < -0.4 is 15.4 Å². The van der Waals surface area contributed by atoms with Crippen LogP contribution >= 0.6 is 11.3 Å². The molecule has 2 aliphatic heterocycles. The molecule has 4 saturated carbocycles.